The quantitative estimate of drug-likeness (QED) is 0.873. The first-order valence-corrected chi connectivity index (χ1v) is 6.70. The number of nitrogens with one attached hydrogen (secondary N) is 1. The first-order valence-electron chi connectivity index (χ1n) is 5.93. The Hall–Kier alpha value is -0.520. The number of hydrogen-bond acceptors (Lipinski definition) is 5. The number of rotatable bonds is 4. The molecule has 16 heavy (non-hydrogen) atoms. The van der Waals surface area contributed by atoms with Gasteiger partial charge in [0.2, 0.25) is 0 Å². The molecule has 0 bridgehead atoms. The first kappa shape index (κ1) is 12.0. The molecule has 1 N–H and O–H groups in total. The monoisotopic (exact) mass is 241 g/mol. The molecule has 0 amide bonds. The molecule has 2 heterocycles. The minimum Gasteiger partial charge on any atom is -0.381 e. The summed E-state index contributed by atoms with van der Waals surface area (Å²) in [6, 6.07) is 0.357. The lowest BCUT2D eigenvalue weighted by Gasteiger charge is -2.29. The predicted octanol–water partition coefficient (Wildman–Crippen LogP) is 1.79. The van der Waals surface area contributed by atoms with Crippen molar-refractivity contribution in [3.8, 4) is 0 Å². The molecule has 0 aromatic carbocycles. The van der Waals surface area contributed by atoms with Gasteiger partial charge in [-0.15, -0.1) is 5.10 Å². The summed E-state index contributed by atoms with van der Waals surface area (Å²) in [6.45, 7) is 3.89. The molecule has 0 saturated carbocycles. The van der Waals surface area contributed by atoms with E-state index >= 15 is 0 Å². The Kier molecular flexibility index (Phi) is 4.26. The maximum atomic E-state index is 5.56. The molecule has 2 atom stereocenters. The minimum atomic E-state index is 0.357. The van der Waals surface area contributed by atoms with Crippen LogP contribution in [0.3, 0.4) is 0 Å². The molecular weight excluding hydrogens is 222 g/mol. The third-order valence-corrected chi connectivity index (χ3v) is 4.03. The van der Waals surface area contributed by atoms with E-state index in [2.05, 4.69) is 21.8 Å². The molecule has 5 heteroatoms. The van der Waals surface area contributed by atoms with E-state index in [4.69, 9.17) is 4.74 Å². The van der Waals surface area contributed by atoms with Gasteiger partial charge in [0.15, 0.2) is 0 Å². The largest absolute Gasteiger partial charge is 0.381 e. The van der Waals surface area contributed by atoms with E-state index in [1.807, 2.05) is 7.05 Å². The summed E-state index contributed by atoms with van der Waals surface area (Å²) in [7, 11) is 2.01. The van der Waals surface area contributed by atoms with Crippen LogP contribution in [0, 0.1) is 5.92 Å². The fourth-order valence-corrected chi connectivity index (χ4v) is 3.25. The fraction of sp³-hybridized carbons (Fsp3) is 0.818. The van der Waals surface area contributed by atoms with Crippen molar-refractivity contribution in [2.24, 2.45) is 5.92 Å². The van der Waals surface area contributed by atoms with E-state index in [0.29, 0.717) is 12.0 Å². The van der Waals surface area contributed by atoms with Crippen LogP contribution in [0.15, 0.2) is 0 Å². The maximum absolute atomic E-state index is 5.56. The summed E-state index contributed by atoms with van der Waals surface area (Å²) in [5, 5.41) is 7.59. The Morgan fingerprint density at radius 3 is 3.12 bits per heavy atom. The summed E-state index contributed by atoms with van der Waals surface area (Å²) >= 11 is 1.52. The van der Waals surface area contributed by atoms with Crippen LogP contribution in [0.1, 0.15) is 36.4 Å². The van der Waals surface area contributed by atoms with Crippen LogP contribution in [0.2, 0.25) is 0 Å². The van der Waals surface area contributed by atoms with E-state index in [-0.39, 0.29) is 0 Å². The highest BCUT2D eigenvalue weighted by Crippen LogP contribution is 2.31. The van der Waals surface area contributed by atoms with Gasteiger partial charge in [0.25, 0.3) is 0 Å². The molecule has 0 radical (unpaired) electrons. The van der Waals surface area contributed by atoms with Crippen molar-refractivity contribution in [1.82, 2.24) is 14.9 Å². The molecule has 2 unspecified atom stereocenters. The fourth-order valence-electron chi connectivity index (χ4n) is 2.31. The van der Waals surface area contributed by atoms with E-state index in [0.717, 1.165) is 31.7 Å². The summed E-state index contributed by atoms with van der Waals surface area (Å²) in [5.41, 5.74) is 1.13. The normalized spacial score (nSPS) is 23.2. The first-order chi connectivity index (χ1) is 7.86. The number of aryl methyl sites for hydroxylation is 1. The van der Waals surface area contributed by atoms with E-state index < -0.39 is 0 Å². The lowest BCUT2D eigenvalue weighted by molar-refractivity contribution is 0.0406. The molecule has 1 aromatic rings. The van der Waals surface area contributed by atoms with Gasteiger partial charge in [-0.25, -0.2) is 0 Å². The summed E-state index contributed by atoms with van der Waals surface area (Å²) in [6.07, 6.45) is 3.35. The zero-order chi connectivity index (χ0) is 11.4. The van der Waals surface area contributed by atoms with Crippen molar-refractivity contribution in [2.75, 3.05) is 20.3 Å². The molecule has 4 nitrogen and oxygen atoms in total. The maximum Gasteiger partial charge on any atom is 0.0801 e. The van der Waals surface area contributed by atoms with Gasteiger partial charge in [0.1, 0.15) is 0 Å². The SMILES string of the molecule is CCc1nnsc1C(NC)C1CCCOC1. The van der Waals surface area contributed by atoms with Crippen LogP contribution in [-0.4, -0.2) is 29.8 Å². The molecule has 1 fully saturated rings. The van der Waals surface area contributed by atoms with E-state index in [9.17, 15) is 0 Å². The second-order valence-corrected chi connectivity index (χ2v) is 4.97. The van der Waals surface area contributed by atoms with Crippen molar-refractivity contribution in [3.63, 3.8) is 0 Å². The second-order valence-electron chi connectivity index (χ2n) is 4.18. The zero-order valence-corrected chi connectivity index (χ0v) is 10.7. The van der Waals surface area contributed by atoms with E-state index in [1.165, 1.54) is 22.8 Å². The highest BCUT2D eigenvalue weighted by Gasteiger charge is 2.27. The molecular formula is C11H19N3OS. The summed E-state index contributed by atoms with van der Waals surface area (Å²) in [5.74, 6) is 0.561. The van der Waals surface area contributed by atoms with Crippen molar-refractivity contribution in [1.29, 1.82) is 0 Å². The van der Waals surface area contributed by atoms with Crippen LogP contribution in [0.5, 0.6) is 0 Å². The number of aromatic nitrogens is 2. The van der Waals surface area contributed by atoms with Gasteiger partial charge in [-0.2, -0.15) is 0 Å². The van der Waals surface area contributed by atoms with Crippen molar-refractivity contribution in [2.45, 2.75) is 32.2 Å². The molecule has 2 rings (SSSR count). The van der Waals surface area contributed by atoms with Crippen LogP contribution in [0.25, 0.3) is 0 Å². The average Bonchev–Trinajstić information content (AvgIpc) is 2.80. The van der Waals surface area contributed by atoms with Gasteiger partial charge in [-0.3, -0.25) is 0 Å². The third-order valence-electron chi connectivity index (χ3n) is 3.18. The Morgan fingerprint density at radius 2 is 2.50 bits per heavy atom. The predicted molar refractivity (Wildman–Crippen MR) is 64.6 cm³/mol. The molecule has 1 saturated heterocycles. The Bertz CT molecular complexity index is 323. The van der Waals surface area contributed by atoms with Gasteiger partial charge in [-0.05, 0) is 37.8 Å². The number of hydrogen-bond donors (Lipinski definition) is 1. The lowest BCUT2D eigenvalue weighted by atomic mass is 9.92. The van der Waals surface area contributed by atoms with Crippen molar-refractivity contribution in [3.05, 3.63) is 10.6 Å². The zero-order valence-electron chi connectivity index (χ0n) is 9.90. The smallest absolute Gasteiger partial charge is 0.0801 e. The lowest BCUT2D eigenvalue weighted by Crippen LogP contribution is -2.31. The van der Waals surface area contributed by atoms with Gasteiger partial charge in [0.05, 0.1) is 17.2 Å². The van der Waals surface area contributed by atoms with Crippen molar-refractivity contribution >= 4 is 11.5 Å². The van der Waals surface area contributed by atoms with Gasteiger partial charge >= 0.3 is 0 Å². The van der Waals surface area contributed by atoms with Crippen molar-refractivity contribution < 1.29 is 4.74 Å². The molecule has 0 aliphatic carbocycles. The molecule has 90 valence electrons. The van der Waals surface area contributed by atoms with Crippen LogP contribution in [-0.2, 0) is 11.2 Å². The summed E-state index contributed by atoms with van der Waals surface area (Å²) < 4.78 is 9.63. The number of nitrogens with zero attached hydrogens (tertiary/aromatic N) is 2. The second kappa shape index (κ2) is 5.70. The third kappa shape index (κ3) is 2.42. The topological polar surface area (TPSA) is 47.0 Å². The molecule has 1 aliphatic rings. The van der Waals surface area contributed by atoms with Gasteiger partial charge < -0.3 is 10.1 Å². The summed E-state index contributed by atoms with van der Waals surface area (Å²) in [4.78, 5) is 1.29. The Balaban J connectivity index is 2.14. The minimum absolute atomic E-state index is 0.357. The standard InChI is InChI=1S/C11H19N3OS/c1-3-9-11(16-14-13-9)10(12-2)8-5-4-6-15-7-8/h8,10,12H,3-7H2,1-2H3. The Morgan fingerprint density at radius 1 is 1.62 bits per heavy atom. The Labute approximate surface area is 101 Å². The van der Waals surface area contributed by atoms with Gasteiger partial charge in [-0.1, -0.05) is 11.4 Å². The molecule has 1 aromatic heterocycles. The van der Waals surface area contributed by atoms with Crippen LogP contribution >= 0.6 is 11.5 Å². The molecule has 1 aliphatic heterocycles. The van der Waals surface area contributed by atoms with Crippen LogP contribution < -0.4 is 5.32 Å². The van der Waals surface area contributed by atoms with Crippen LogP contribution in [0.4, 0.5) is 0 Å². The number of ether oxygens (including phenoxy) is 1. The van der Waals surface area contributed by atoms with E-state index in [1.54, 1.807) is 0 Å². The highest BCUT2D eigenvalue weighted by molar-refractivity contribution is 7.05. The average molecular weight is 241 g/mol. The van der Waals surface area contributed by atoms with Gasteiger partial charge in [0, 0.05) is 18.6 Å². The molecule has 0 spiro atoms. The highest BCUT2D eigenvalue weighted by atomic mass is 32.1.